The summed E-state index contributed by atoms with van der Waals surface area (Å²) in [6.45, 7) is 3.27. The zero-order valence-electron chi connectivity index (χ0n) is 19.9. The van der Waals surface area contributed by atoms with Crippen LogP contribution in [-0.4, -0.2) is 29.3 Å². The number of ether oxygens (including phenoxy) is 1. The first kappa shape index (κ1) is 23.1. The maximum Gasteiger partial charge on any atom is 0.325 e. The summed E-state index contributed by atoms with van der Waals surface area (Å²) >= 11 is 0. The number of rotatable bonds is 6. The summed E-state index contributed by atoms with van der Waals surface area (Å²) in [6.07, 6.45) is 0. The fourth-order valence-electron chi connectivity index (χ4n) is 4.38. The molecule has 180 valence electrons. The van der Waals surface area contributed by atoms with E-state index < -0.39 is 29.9 Å². The molecule has 7 heteroatoms. The molecule has 4 aromatic rings. The van der Waals surface area contributed by atoms with E-state index in [1.807, 2.05) is 73.7 Å². The lowest BCUT2D eigenvalue weighted by Crippen LogP contribution is -2.42. The molecule has 0 radical (unpaired) electrons. The van der Waals surface area contributed by atoms with Gasteiger partial charge in [-0.05, 0) is 66.6 Å². The molecule has 1 unspecified atom stereocenters. The minimum Gasteiger partial charge on any atom is -0.457 e. The van der Waals surface area contributed by atoms with Crippen LogP contribution in [0.5, 0.6) is 11.5 Å². The third-order valence-corrected chi connectivity index (χ3v) is 6.30. The molecule has 0 aliphatic carbocycles. The minimum absolute atomic E-state index is 0.396. The molecule has 1 atom stereocenters. The Kier molecular flexibility index (Phi) is 5.90. The van der Waals surface area contributed by atoms with Crippen LogP contribution in [0.2, 0.25) is 0 Å². The van der Waals surface area contributed by atoms with Gasteiger partial charge in [0, 0.05) is 5.69 Å². The molecule has 0 aromatic heterocycles. The van der Waals surface area contributed by atoms with E-state index in [9.17, 15) is 14.4 Å². The lowest BCUT2D eigenvalue weighted by Gasteiger charge is -2.24. The number of carbonyl (C=O) groups is 3. The van der Waals surface area contributed by atoms with Gasteiger partial charge in [-0.1, -0.05) is 60.2 Å². The van der Waals surface area contributed by atoms with Crippen molar-refractivity contribution < 1.29 is 19.1 Å². The number of anilines is 1. The topological polar surface area (TPSA) is 87.7 Å². The molecule has 1 fully saturated rings. The molecule has 1 saturated heterocycles. The van der Waals surface area contributed by atoms with Crippen molar-refractivity contribution in [1.29, 1.82) is 0 Å². The fraction of sp³-hybridized carbons (Fsp3) is 0.138. The lowest BCUT2D eigenvalue weighted by molar-refractivity contribution is -0.133. The number of nitrogens with one attached hydrogen (secondary N) is 2. The quantitative estimate of drug-likeness (QED) is 0.365. The molecule has 1 aliphatic rings. The number of urea groups is 1. The molecule has 4 aromatic carbocycles. The molecule has 5 rings (SSSR count). The second-order valence-corrected chi connectivity index (χ2v) is 8.96. The van der Waals surface area contributed by atoms with E-state index in [0.717, 1.165) is 21.2 Å². The number of fused-ring (bicyclic) bond motifs is 1. The summed E-state index contributed by atoms with van der Waals surface area (Å²) in [5, 5.41) is 7.35. The van der Waals surface area contributed by atoms with E-state index >= 15 is 0 Å². The third-order valence-electron chi connectivity index (χ3n) is 6.30. The molecular formula is C29H25N3O4. The predicted molar refractivity (Wildman–Crippen MR) is 138 cm³/mol. The average molecular weight is 480 g/mol. The van der Waals surface area contributed by atoms with Crippen molar-refractivity contribution in [3.05, 3.63) is 102 Å². The van der Waals surface area contributed by atoms with Gasteiger partial charge in [0.05, 0.1) is 0 Å². The van der Waals surface area contributed by atoms with Gasteiger partial charge in [0.25, 0.3) is 5.91 Å². The van der Waals surface area contributed by atoms with Crippen molar-refractivity contribution in [2.75, 3.05) is 11.9 Å². The van der Waals surface area contributed by atoms with Gasteiger partial charge >= 0.3 is 6.03 Å². The van der Waals surface area contributed by atoms with Gasteiger partial charge in [-0.2, -0.15) is 0 Å². The van der Waals surface area contributed by atoms with Crippen molar-refractivity contribution in [2.24, 2.45) is 0 Å². The Balaban J connectivity index is 1.26. The lowest BCUT2D eigenvalue weighted by atomic mass is 9.88. The first-order valence-electron chi connectivity index (χ1n) is 11.6. The molecule has 0 spiro atoms. The summed E-state index contributed by atoms with van der Waals surface area (Å²) < 4.78 is 5.81. The number of hydrogen-bond acceptors (Lipinski definition) is 4. The zero-order valence-corrected chi connectivity index (χ0v) is 19.9. The van der Waals surface area contributed by atoms with Crippen molar-refractivity contribution in [3.8, 4) is 11.5 Å². The van der Waals surface area contributed by atoms with Crippen LogP contribution in [0.3, 0.4) is 0 Å². The van der Waals surface area contributed by atoms with Gasteiger partial charge in [-0.25, -0.2) is 4.79 Å². The maximum atomic E-state index is 13.4. The summed E-state index contributed by atoms with van der Waals surface area (Å²) in [5.74, 6) is 0.385. The molecule has 1 aliphatic heterocycles. The number of benzene rings is 4. The zero-order chi connectivity index (χ0) is 25.3. The monoisotopic (exact) mass is 479 g/mol. The van der Waals surface area contributed by atoms with Crippen molar-refractivity contribution in [3.63, 3.8) is 0 Å². The van der Waals surface area contributed by atoms with Gasteiger partial charge in [0.1, 0.15) is 23.6 Å². The number of nitrogens with zero attached hydrogens (tertiary/aromatic N) is 1. The number of amides is 4. The van der Waals surface area contributed by atoms with Crippen LogP contribution in [0, 0.1) is 6.92 Å². The summed E-state index contributed by atoms with van der Waals surface area (Å²) in [4.78, 5) is 39.8. The number of imide groups is 1. The maximum absolute atomic E-state index is 13.4. The number of aryl methyl sites for hydroxylation is 1. The van der Waals surface area contributed by atoms with E-state index in [2.05, 4.69) is 10.6 Å². The Morgan fingerprint density at radius 3 is 2.25 bits per heavy atom. The van der Waals surface area contributed by atoms with Crippen molar-refractivity contribution in [1.82, 2.24) is 10.2 Å². The summed E-state index contributed by atoms with van der Waals surface area (Å²) in [5.41, 5.74) is 1.09. The predicted octanol–water partition coefficient (Wildman–Crippen LogP) is 5.35. The number of hydrogen-bond donors (Lipinski definition) is 2. The Labute approximate surface area is 208 Å². The van der Waals surface area contributed by atoms with E-state index in [1.165, 1.54) is 0 Å². The van der Waals surface area contributed by atoms with E-state index in [-0.39, 0.29) is 0 Å². The van der Waals surface area contributed by atoms with Crippen LogP contribution in [0.15, 0.2) is 91.0 Å². The molecule has 2 N–H and O–H groups in total. The normalized spacial score (nSPS) is 17.2. The summed E-state index contributed by atoms with van der Waals surface area (Å²) in [7, 11) is 0. The van der Waals surface area contributed by atoms with Gasteiger partial charge in [0.15, 0.2) is 0 Å². The molecule has 36 heavy (non-hydrogen) atoms. The second kappa shape index (κ2) is 9.19. The van der Waals surface area contributed by atoms with Crippen LogP contribution in [0.25, 0.3) is 10.8 Å². The Bertz CT molecular complexity index is 1460. The van der Waals surface area contributed by atoms with Crippen molar-refractivity contribution in [2.45, 2.75) is 19.4 Å². The highest BCUT2D eigenvalue weighted by Crippen LogP contribution is 2.34. The molecule has 1 heterocycles. The van der Waals surface area contributed by atoms with Crippen LogP contribution >= 0.6 is 0 Å². The highest BCUT2D eigenvalue weighted by Gasteiger charge is 2.50. The standard InChI is InChI=1S/C29H25N3O4/c1-19-10-14-22(15-11-19)36-23-16-12-21(13-17-23)30-26(33)18-32-27(34)29(2,31-28(32)35)25-9-5-7-20-6-3-4-8-24(20)25/h3-17H,18H2,1-2H3,(H,30,33)(H,31,35). The van der Waals surface area contributed by atoms with Crippen LogP contribution < -0.4 is 15.4 Å². The minimum atomic E-state index is -1.27. The van der Waals surface area contributed by atoms with E-state index in [1.54, 1.807) is 31.2 Å². The Hall–Kier alpha value is -4.65. The molecule has 7 nitrogen and oxygen atoms in total. The highest BCUT2D eigenvalue weighted by molar-refractivity contribution is 6.11. The van der Waals surface area contributed by atoms with E-state index in [4.69, 9.17) is 4.74 Å². The van der Waals surface area contributed by atoms with Gasteiger partial charge in [-0.3, -0.25) is 14.5 Å². The average Bonchev–Trinajstić information content (AvgIpc) is 3.10. The van der Waals surface area contributed by atoms with Crippen LogP contribution in [-0.2, 0) is 15.1 Å². The Morgan fingerprint density at radius 2 is 1.53 bits per heavy atom. The van der Waals surface area contributed by atoms with Gasteiger partial charge in [-0.15, -0.1) is 0 Å². The van der Waals surface area contributed by atoms with Crippen molar-refractivity contribution >= 4 is 34.3 Å². The second-order valence-electron chi connectivity index (χ2n) is 8.96. The Morgan fingerprint density at radius 1 is 0.889 bits per heavy atom. The first-order valence-corrected chi connectivity index (χ1v) is 11.6. The smallest absolute Gasteiger partial charge is 0.325 e. The van der Waals surface area contributed by atoms with Gasteiger partial charge < -0.3 is 15.4 Å². The number of carbonyl (C=O) groups excluding carboxylic acids is 3. The SMILES string of the molecule is Cc1ccc(Oc2ccc(NC(=O)CN3C(=O)NC(C)(c4cccc5ccccc45)C3=O)cc2)cc1. The third kappa shape index (κ3) is 4.38. The van der Waals surface area contributed by atoms with Crippen LogP contribution in [0.4, 0.5) is 10.5 Å². The fourth-order valence-corrected chi connectivity index (χ4v) is 4.38. The largest absolute Gasteiger partial charge is 0.457 e. The van der Waals surface area contributed by atoms with Crippen LogP contribution in [0.1, 0.15) is 18.1 Å². The molecule has 0 saturated carbocycles. The van der Waals surface area contributed by atoms with Gasteiger partial charge in [0.2, 0.25) is 5.91 Å². The summed E-state index contributed by atoms with van der Waals surface area (Å²) in [6, 6.07) is 27.3. The van der Waals surface area contributed by atoms with E-state index in [0.29, 0.717) is 22.7 Å². The first-order chi connectivity index (χ1) is 17.3. The molecule has 4 amide bonds. The molecule has 0 bridgehead atoms. The molecular weight excluding hydrogens is 454 g/mol. The highest BCUT2D eigenvalue weighted by atomic mass is 16.5.